The quantitative estimate of drug-likeness (QED) is 0.0417. The van der Waals surface area contributed by atoms with Crippen LogP contribution in [0.25, 0.3) is 21.5 Å². The van der Waals surface area contributed by atoms with Gasteiger partial charge in [0.05, 0.1) is 37.2 Å². The molecular formula is C66H114O4. The number of benzene rings is 3. The third-order valence-corrected chi connectivity index (χ3v) is 15.0. The minimum atomic E-state index is 0.705. The maximum absolute atomic E-state index is 7.02. The van der Waals surface area contributed by atoms with E-state index in [1.807, 2.05) is 0 Å². The van der Waals surface area contributed by atoms with Crippen LogP contribution in [0.2, 0.25) is 0 Å². The van der Waals surface area contributed by atoms with Crippen LogP contribution in [0.1, 0.15) is 310 Å². The lowest BCUT2D eigenvalue weighted by Crippen LogP contribution is -2.06. The first-order valence-electron chi connectivity index (χ1n) is 31.3. The molecule has 0 N–H and O–H groups in total. The van der Waals surface area contributed by atoms with Crippen LogP contribution in [-0.2, 0) is 0 Å². The Hall–Kier alpha value is -2.62. The predicted octanol–water partition coefficient (Wildman–Crippen LogP) is 22.8. The van der Waals surface area contributed by atoms with Crippen molar-refractivity contribution >= 4 is 21.5 Å². The fourth-order valence-electron chi connectivity index (χ4n) is 10.5. The third kappa shape index (κ3) is 28.6. The molecule has 0 aliphatic carbocycles. The molecule has 4 nitrogen and oxygen atoms in total. The second-order valence-electron chi connectivity index (χ2n) is 21.6. The van der Waals surface area contributed by atoms with Crippen molar-refractivity contribution in [2.45, 2.75) is 310 Å². The van der Waals surface area contributed by atoms with Gasteiger partial charge in [-0.2, -0.15) is 0 Å². The lowest BCUT2D eigenvalue weighted by molar-refractivity contribution is 0.290. The van der Waals surface area contributed by atoms with Crippen molar-refractivity contribution in [3.8, 4) is 23.0 Å². The van der Waals surface area contributed by atoms with Crippen LogP contribution in [0.4, 0.5) is 0 Å². The van der Waals surface area contributed by atoms with E-state index in [4.69, 9.17) is 18.9 Å². The summed E-state index contributed by atoms with van der Waals surface area (Å²) in [6.45, 7) is 12.1. The Kier molecular flexibility index (Phi) is 39.7. The van der Waals surface area contributed by atoms with Gasteiger partial charge in [0.25, 0.3) is 0 Å². The van der Waals surface area contributed by atoms with Crippen molar-refractivity contribution in [2.75, 3.05) is 26.4 Å². The number of fused-ring (bicyclic) bond motifs is 2. The van der Waals surface area contributed by atoms with Gasteiger partial charge in [-0.05, 0) is 37.8 Å². The zero-order valence-electron chi connectivity index (χ0n) is 47.0. The van der Waals surface area contributed by atoms with E-state index in [-0.39, 0.29) is 0 Å². The molecule has 0 saturated carbocycles. The highest BCUT2D eigenvalue weighted by Gasteiger charge is 2.23. The lowest BCUT2D eigenvalue weighted by atomic mass is 9.98. The van der Waals surface area contributed by atoms with Gasteiger partial charge in [-0.15, -0.1) is 0 Å². The Bertz CT molecular complexity index is 1500. The number of hydrogen-bond acceptors (Lipinski definition) is 4. The average molecular weight is 972 g/mol. The van der Waals surface area contributed by atoms with Gasteiger partial charge in [0.15, 0.2) is 0 Å². The smallest absolute Gasteiger partial charge is 0.139 e. The molecule has 0 bridgehead atoms. The zero-order valence-corrected chi connectivity index (χ0v) is 47.0. The molecule has 0 fully saturated rings. The molecule has 3 aromatic rings. The van der Waals surface area contributed by atoms with Crippen molar-refractivity contribution in [3.63, 3.8) is 0 Å². The number of rotatable bonds is 52. The normalized spacial score (nSPS) is 11.6. The predicted molar refractivity (Wildman–Crippen MR) is 309 cm³/mol. The second-order valence-corrected chi connectivity index (χ2v) is 21.6. The van der Waals surface area contributed by atoms with Crippen molar-refractivity contribution < 1.29 is 18.9 Å². The Morgan fingerprint density at radius 3 is 0.657 bits per heavy atom. The maximum atomic E-state index is 7.02. The number of unbranched alkanes of at least 4 members (excludes halogenated alkanes) is 40. The second kappa shape index (κ2) is 45.0. The zero-order chi connectivity index (χ0) is 49.6. The molecule has 0 atom stereocenters. The summed E-state index contributed by atoms with van der Waals surface area (Å²) < 4.78 is 27.8. The average Bonchev–Trinajstić information content (AvgIpc) is 3.38. The van der Waals surface area contributed by atoms with E-state index in [9.17, 15) is 0 Å². The van der Waals surface area contributed by atoms with E-state index in [1.165, 1.54) is 257 Å². The fourth-order valence-corrected chi connectivity index (χ4v) is 10.5. The van der Waals surface area contributed by atoms with E-state index in [2.05, 4.69) is 64.1 Å². The fraction of sp³-hybridized carbons (Fsp3) is 0.788. The molecule has 402 valence electrons. The Labute approximate surface area is 434 Å². The molecule has 0 aliphatic rings. The van der Waals surface area contributed by atoms with Gasteiger partial charge in [-0.1, -0.05) is 309 Å². The van der Waals surface area contributed by atoms with Crippen LogP contribution >= 0.6 is 0 Å². The van der Waals surface area contributed by atoms with Gasteiger partial charge in [0.2, 0.25) is 0 Å². The maximum Gasteiger partial charge on any atom is 0.139 e. The largest absolute Gasteiger partial charge is 0.493 e. The highest BCUT2D eigenvalue weighted by atomic mass is 16.5. The van der Waals surface area contributed by atoms with Gasteiger partial charge in [0.1, 0.15) is 23.0 Å². The highest BCUT2D eigenvalue weighted by Crippen LogP contribution is 2.50. The summed E-state index contributed by atoms with van der Waals surface area (Å²) in [5, 5.41) is 4.31. The van der Waals surface area contributed by atoms with E-state index in [1.54, 1.807) is 0 Å². The Balaban J connectivity index is 1.77. The SMILES string of the molecule is CCCCCCCCCCCCCOc1ccc(OCCCCCCCCCCCCC)c2c(OCCCCCCCCCCCCC)c3ccccc3c(OCCCCCCCCCCCCC)c12. The van der Waals surface area contributed by atoms with Crippen LogP contribution in [0.3, 0.4) is 0 Å². The van der Waals surface area contributed by atoms with Crippen LogP contribution in [0.5, 0.6) is 23.0 Å². The molecular weight excluding hydrogens is 857 g/mol. The summed E-state index contributed by atoms with van der Waals surface area (Å²) in [5.74, 6) is 3.69. The lowest BCUT2D eigenvalue weighted by Gasteiger charge is -2.22. The molecule has 0 radical (unpaired) electrons. The molecule has 4 heteroatoms. The standard InChI is InChI=1S/C66H114O4/c1-5-9-13-17-21-25-29-33-37-41-47-55-67-61-53-54-62(68-56-48-42-38-34-30-26-22-18-14-10-6-2)64-63(61)65(69-57-49-43-39-35-31-27-23-19-15-11-7-3)59-51-45-46-52-60(59)66(64)70-58-50-44-40-36-32-28-24-20-16-12-8-4/h45-46,51-54H,5-44,47-50,55-58H2,1-4H3. The first-order chi connectivity index (χ1) is 34.8. The summed E-state index contributed by atoms with van der Waals surface area (Å²) in [6, 6.07) is 13.2. The summed E-state index contributed by atoms with van der Waals surface area (Å²) in [7, 11) is 0. The molecule has 0 spiro atoms. The molecule has 0 heterocycles. The molecule has 0 aromatic heterocycles. The first-order valence-corrected chi connectivity index (χ1v) is 31.3. The van der Waals surface area contributed by atoms with Crippen LogP contribution in [0, 0.1) is 0 Å². The summed E-state index contributed by atoms with van der Waals surface area (Å²) in [5.41, 5.74) is 0. The van der Waals surface area contributed by atoms with Gasteiger partial charge < -0.3 is 18.9 Å². The van der Waals surface area contributed by atoms with Gasteiger partial charge in [-0.3, -0.25) is 0 Å². The first kappa shape index (κ1) is 61.7. The van der Waals surface area contributed by atoms with E-state index in [0.29, 0.717) is 26.4 Å². The summed E-state index contributed by atoms with van der Waals surface area (Å²) in [4.78, 5) is 0. The molecule has 3 aromatic carbocycles. The summed E-state index contributed by atoms with van der Waals surface area (Å²) >= 11 is 0. The third-order valence-electron chi connectivity index (χ3n) is 15.0. The molecule has 0 unspecified atom stereocenters. The molecule has 70 heavy (non-hydrogen) atoms. The highest BCUT2D eigenvalue weighted by molar-refractivity contribution is 6.15. The number of ether oxygens (including phenoxy) is 4. The van der Waals surface area contributed by atoms with Crippen molar-refractivity contribution in [2.24, 2.45) is 0 Å². The van der Waals surface area contributed by atoms with Gasteiger partial charge in [0, 0.05) is 10.8 Å². The van der Waals surface area contributed by atoms with E-state index >= 15 is 0 Å². The van der Waals surface area contributed by atoms with Crippen LogP contribution in [-0.4, -0.2) is 26.4 Å². The minimum Gasteiger partial charge on any atom is -0.493 e. The van der Waals surface area contributed by atoms with Crippen molar-refractivity contribution in [3.05, 3.63) is 36.4 Å². The molecule has 3 rings (SSSR count). The van der Waals surface area contributed by atoms with Crippen LogP contribution in [0.15, 0.2) is 36.4 Å². The Morgan fingerprint density at radius 1 is 0.229 bits per heavy atom. The van der Waals surface area contributed by atoms with Crippen molar-refractivity contribution in [1.29, 1.82) is 0 Å². The monoisotopic (exact) mass is 971 g/mol. The van der Waals surface area contributed by atoms with Gasteiger partial charge in [-0.25, -0.2) is 0 Å². The van der Waals surface area contributed by atoms with Gasteiger partial charge >= 0.3 is 0 Å². The van der Waals surface area contributed by atoms with E-state index in [0.717, 1.165) is 70.2 Å². The summed E-state index contributed by atoms with van der Waals surface area (Å²) in [6.07, 6.45) is 58.4. The van der Waals surface area contributed by atoms with Crippen LogP contribution < -0.4 is 18.9 Å². The molecule has 0 amide bonds. The van der Waals surface area contributed by atoms with Crippen molar-refractivity contribution in [1.82, 2.24) is 0 Å². The topological polar surface area (TPSA) is 36.9 Å². The molecule has 0 saturated heterocycles. The van der Waals surface area contributed by atoms with E-state index < -0.39 is 0 Å². The minimum absolute atomic E-state index is 0.705. The Morgan fingerprint density at radius 2 is 0.429 bits per heavy atom. The number of hydrogen-bond donors (Lipinski definition) is 0. The molecule has 0 aliphatic heterocycles.